The van der Waals surface area contributed by atoms with Gasteiger partial charge in [-0.25, -0.2) is 4.68 Å². The van der Waals surface area contributed by atoms with Crippen LogP contribution < -0.4 is 5.56 Å². The van der Waals surface area contributed by atoms with E-state index in [-0.39, 0.29) is 17.9 Å². The van der Waals surface area contributed by atoms with Crippen LogP contribution in [-0.4, -0.2) is 63.4 Å². The molecule has 156 valence electrons. The Bertz CT molecular complexity index is 1130. The minimum absolute atomic E-state index is 0.00991. The molecule has 3 aromatic rings. The third-order valence-corrected chi connectivity index (χ3v) is 6.15. The standard InChI is InChI=1S/C22H25N5O3/c28-21(15-19-17-5-1-2-7-20(17)30-24-19)26-11-8-25(9-12-26)10-13-27-22(29)14-16-4-3-6-18(16)23-27/h1-2,5,7,14H,3-4,6,8-13,15H2. The molecule has 1 fully saturated rings. The first-order chi connectivity index (χ1) is 14.7. The molecule has 8 nitrogen and oxygen atoms in total. The average molecular weight is 407 g/mol. The number of carbonyl (C=O) groups excluding carboxylic acids is 1. The third-order valence-electron chi connectivity index (χ3n) is 6.15. The lowest BCUT2D eigenvalue weighted by Crippen LogP contribution is -2.50. The fourth-order valence-corrected chi connectivity index (χ4v) is 4.38. The number of hydrogen-bond acceptors (Lipinski definition) is 6. The number of piperazine rings is 1. The molecule has 0 atom stereocenters. The third kappa shape index (κ3) is 3.75. The van der Waals surface area contributed by atoms with Crippen molar-refractivity contribution < 1.29 is 9.32 Å². The Balaban J connectivity index is 1.14. The Morgan fingerprint density at radius 1 is 1.07 bits per heavy atom. The average Bonchev–Trinajstić information content (AvgIpc) is 3.39. The molecule has 0 saturated carbocycles. The van der Waals surface area contributed by atoms with Crippen LogP contribution in [0, 0.1) is 0 Å². The van der Waals surface area contributed by atoms with Crippen molar-refractivity contribution in [2.45, 2.75) is 32.2 Å². The summed E-state index contributed by atoms with van der Waals surface area (Å²) in [5.41, 5.74) is 3.58. The van der Waals surface area contributed by atoms with Gasteiger partial charge in [0.2, 0.25) is 5.91 Å². The van der Waals surface area contributed by atoms with E-state index in [0.717, 1.165) is 55.5 Å². The fraction of sp³-hybridized carbons (Fsp3) is 0.455. The van der Waals surface area contributed by atoms with Gasteiger partial charge < -0.3 is 9.42 Å². The molecule has 1 aliphatic carbocycles. The van der Waals surface area contributed by atoms with Crippen LogP contribution in [0.2, 0.25) is 0 Å². The van der Waals surface area contributed by atoms with E-state index in [9.17, 15) is 9.59 Å². The minimum Gasteiger partial charge on any atom is -0.356 e. The Kier molecular flexibility index (Phi) is 5.08. The summed E-state index contributed by atoms with van der Waals surface area (Å²) >= 11 is 0. The van der Waals surface area contributed by atoms with Gasteiger partial charge in [-0.15, -0.1) is 0 Å². The fourth-order valence-electron chi connectivity index (χ4n) is 4.38. The van der Waals surface area contributed by atoms with Crippen LogP contribution in [0.1, 0.15) is 23.4 Å². The SMILES string of the molecule is O=C(Cc1noc2ccccc12)N1CCN(CCn2nc3c(cc2=O)CCC3)CC1. The van der Waals surface area contributed by atoms with Gasteiger partial charge in [0.1, 0.15) is 5.69 Å². The lowest BCUT2D eigenvalue weighted by molar-refractivity contribution is -0.132. The number of carbonyl (C=O) groups is 1. The van der Waals surface area contributed by atoms with Gasteiger partial charge in [0.05, 0.1) is 18.7 Å². The summed E-state index contributed by atoms with van der Waals surface area (Å²) in [5, 5.41) is 9.51. The Hall–Kier alpha value is -3.00. The number of para-hydroxylation sites is 1. The van der Waals surface area contributed by atoms with Gasteiger partial charge in [0.15, 0.2) is 5.58 Å². The molecule has 1 saturated heterocycles. The lowest BCUT2D eigenvalue weighted by atomic mass is 10.1. The molecule has 5 rings (SSSR count). The van der Waals surface area contributed by atoms with Crippen molar-refractivity contribution in [1.29, 1.82) is 0 Å². The van der Waals surface area contributed by atoms with Crippen molar-refractivity contribution in [3.8, 4) is 0 Å². The first kappa shape index (κ1) is 19.0. The number of aryl methyl sites for hydroxylation is 2. The second-order valence-corrected chi connectivity index (χ2v) is 8.06. The Labute approximate surface area is 174 Å². The second-order valence-electron chi connectivity index (χ2n) is 8.06. The van der Waals surface area contributed by atoms with Crippen molar-refractivity contribution >= 4 is 16.9 Å². The van der Waals surface area contributed by atoms with Gasteiger partial charge in [0, 0.05) is 44.2 Å². The molecule has 0 bridgehead atoms. The molecule has 0 unspecified atom stereocenters. The van der Waals surface area contributed by atoms with Gasteiger partial charge in [-0.2, -0.15) is 5.10 Å². The molecule has 2 aromatic heterocycles. The van der Waals surface area contributed by atoms with Crippen LogP contribution in [0.4, 0.5) is 0 Å². The molecular formula is C22H25N5O3. The summed E-state index contributed by atoms with van der Waals surface area (Å²) in [5.74, 6) is 0.0743. The van der Waals surface area contributed by atoms with Gasteiger partial charge in [-0.3, -0.25) is 14.5 Å². The minimum atomic E-state index is -0.00991. The van der Waals surface area contributed by atoms with E-state index in [1.54, 1.807) is 10.7 Å². The van der Waals surface area contributed by atoms with Crippen LogP contribution in [0.15, 0.2) is 39.6 Å². The summed E-state index contributed by atoms with van der Waals surface area (Å²) in [7, 11) is 0. The van der Waals surface area contributed by atoms with Crippen molar-refractivity contribution in [2.75, 3.05) is 32.7 Å². The highest BCUT2D eigenvalue weighted by molar-refractivity contribution is 5.86. The second kappa shape index (κ2) is 8.02. The van der Waals surface area contributed by atoms with Crippen molar-refractivity contribution in [3.05, 3.63) is 57.6 Å². The first-order valence-electron chi connectivity index (χ1n) is 10.6. The summed E-state index contributed by atoms with van der Waals surface area (Å²) in [6, 6.07) is 9.36. The normalized spacial score (nSPS) is 16.9. The van der Waals surface area contributed by atoms with Crippen molar-refractivity contribution in [3.63, 3.8) is 0 Å². The van der Waals surface area contributed by atoms with E-state index >= 15 is 0 Å². The van der Waals surface area contributed by atoms with Gasteiger partial charge in [0.25, 0.3) is 5.56 Å². The van der Waals surface area contributed by atoms with E-state index in [1.807, 2.05) is 29.2 Å². The van der Waals surface area contributed by atoms with Gasteiger partial charge >= 0.3 is 0 Å². The first-order valence-corrected chi connectivity index (χ1v) is 10.6. The lowest BCUT2D eigenvalue weighted by Gasteiger charge is -2.34. The molecule has 0 spiro atoms. The van der Waals surface area contributed by atoms with E-state index in [4.69, 9.17) is 4.52 Å². The molecule has 0 N–H and O–H groups in total. The smallest absolute Gasteiger partial charge is 0.267 e. The number of hydrogen-bond donors (Lipinski definition) is 0. The van der Waals surface area contributed by atoms with Crippen LogP contribution in [0.5, 0.6) is 0 Å². The molecule has 1 aliphatic heterocycles. The number of benzene rings is 1. The van der Waals surface area contributed by atoms with Crippen LogP contribution >= 0.6 is 0 Å². The molecule has 8 heteroatoms. The number of rotatable bonds is 5. The van der Waals surface area contributed by atoms with E-state index in [2.05, 4.69) is 15.2 Å². The Morgan fingerprint density at radius 2 is 1.90 bits per heavy atom. The predicted molar refractivity (Wildman–Crippen MR) is 111 cm³/mol. The maximum atomic E-state index is 12.7. The molecular weight excluding hydrogens is 382 g/mol. The summed E-state index contributed by atoms with van der Waals surface area (Å²) in [4.78, 5) is 29.1. The maximum absolute atomic E-state index is 12.7. The largest absolute Gasteiger partial charge is 0.356 e. The van der Waals surface area contributed by atoms with Gasteiger partial charge in [-0.1, -0.05) is 17.3 Å². The highest BCUT2D eigenvalue weighted by atomic mass is 16.5. The Morgan fingerprint density at radius 3 is 2.77 bits per heavy atom. The zero-order valence-electron chi connectivity index (χ0n) is 16.9. The predicted octanol–water partition coefficient (Wildman–Crippen LogP) is 1.26. The van der Waals surface area contributed by atoms with Crippen molar-refractivity contribution in [2.24, 2.45) is 0 Å². The molecule has 1 aromatic carbocycles. The summed E-state index contributed by atoms with van der Waals surface area (Å²) in [6.45, 7) is 4.31. The van der Waals surface area contributed by atoms with Crippen molar-refractivity contribution in [1.82, 2.24) is 24.7 Å². The number of amides is 1. The van der Waals surface area contributed by atoms with E-state index in [1.165, 1.54) is 0 Å². The van der Waals surface area contributed by atoms with E-state index in [0.29, 0.717) is 30.9 Å². The topological polar surface area (TPSA) is 84.5 Å². The monoisotopic (exact) mass is 407 g/mol. The number of fused-ring (bicyclic) bond motifs is 2. The molecule has 2 aliphatic rings. The summed E-state index contributed by atoms with van der Waals surface area (Å²) < 4.78 is 6.90. The molecule has 3 heterocycles. The molecule has 30 heavy (non-hydrogen) atoms. The zero-order chi connectivity index (χ0) is 20.5. The van der Waals surface area contributed by atoms with Crippen LogP contribution in [-0.2, 0) is 30.6 Å². The number of aromatic nitrogens is 3. The summed E-state index contributed by atoms with van der Waals surface area (Å²) in [6.07, 6.45) is 3.28. The number of nitrogens with zero attached hydrogens (tertiary/aromatic N) is 5. The van der Waals surface area contributed by atoms with E-state index < -0.39 is 0 Å². The highest BCUT2D eigenvalue weighted by Gasteiger charge is 2.23. The van der Waals surface area contributed by atoms with Crippen LogP contribution in [0.25, 0.3) is 11.0 Å². The molecule has 1 amide bonds. The van der Waals surface area contributed by atoms with Gasteiger partial charge in [-0.05, 0) is 37.0 Å². The maximum Gasteiger partial charge on any atom is 0.267 e. The molecule has 0 radical (unpaired) electrons. The van der Waals surface area contributed by atoms with Crippen LogP contribution in [0.3, 0.4) is 0 Å². The highest BCUT2D eigenvalue weighted by Crippen LogP contribution is 2.19. The quantitative estimate of drug-likeness (QED) is 0.633. The zero-order valence-corrected chi connectivity index (χ0v) is 16.9.